The van der Waals surface area contributed by atoms with E-state index in [9.17, 15) is 4.79 Å². The molecular formula is C18H15NO2. The Balaban J connectivity index is 1.83. The average Bonchev–Trinajstić information content (AvgIpc) is 3.08. The highest BCUT2D eigenvalue weighted by molar-refractivity contribution is 6.07. The summed E-state index contributed by atoms with van der Waals surface area (Å²) >= 11 is 0. The molecule has 1 unspecified atom stereocenters. The predicted octanol–water partition coefficient (Wildman–Crippen LogP) is 3.70. The highest BCUT2D eigenvalue weighted by Gasteiger charge is 2.32. The molecule has 2 aromatic carbocycles. The zero-order valence-electron chi connectivity index (χ0n) is 11.7. The van der Waals surface area contributed by atoms with E-state index in [0.29, 0.717) is 0 Å². The van der Waals surface area contributed by atoms with Crippen molar-refractivity contribution in [2.45, 2.75) is 12.3 Å². The van der Waals surface area contributed by atoms with Gasteiger partial charge in [-0.3, -0.25) is 4.79 Å². The van der Waals surface area contributed by atoms with Crippen molar-refractivity contribution in [2.24, 2.45) is 0 Å². The fourth-order valence-electron chi connectivity index (χ4n) is 3.23. The Morgan fingerprint density at radius 2 is 2.05 bits per heavy atom. The number of hydrogen-bond donors (Lipinski definition) is 1. The summed E-state index contributed by atoms with van der Waals surface area (Å²) in [6.45, 7) is 0. The highest BCUT2D eigenvalue weighted by Crippen LogP contribution is 2.37. The first-order valence-corrected chi connectivity index (χ1v) is 7.05. The summed E-state index contributed by atoms with van der Waals surface area (Å²) in [4.78, 5) is 15.9. The third kappa shape index (κ3) is 1.77. The molecule has 1 aliphatic rings. The van der Waals surface area contributed by atoms with Gasteiger partial charge in [0.1, 0.15) is 5.75 Å². The Morgan fingerprint density at radius 3 is 2.86 bits per heavy atom. The second-order valence-corrected chi connectivity index (χ2v) is 5.43. The van der Waals surface area contributed by atoms with Gasteiger partial charge in [-0.25, -0.2) is 0 Å². The van der Waals surface area contributed by atoms with E-state index in [1.807, 2.05) is 48.7 Å². The molecule has 3 nitrogen and oxygen atoms in total. The van der Waals surface area contributed by atoms with Gasteiger partial charge in [0.15, 0.2) is 5.78 Å². The van der Waals surface area contributed by atoms with Crippen LogP contribution in [0.1, 0.15) is 27.4 Å². The number of carbonyl (C=O) groups is 1. The molecule has 0 saturated heterocycles. The number of Topliss-reactive ketones (excluding diaryl/α,β-unsaturated/α-hetero) is 1. The van der Waals surface area contributed by atoms with Crippen LogP contribution in [-0.4, -0.2) is 17.9 Å². The number of aromatic amines is 1. The van der Waals surface area contributed by atoms with Crippen LogP contribution in [0.5, 0.6) is 5.75 Å². The maximum atomic E-state index is 12.6. The van der Waals surface area contributed by atoms with Gasteiger partial charge in [-0.1, -0.05) is 24.3 Å². The van der Waals surface area contributed by atoms with Gasteiger partial charge in [0, 0.05) is 22.7 Å². The zero-order valence-corrected chi connectivity index (χ0v) is 11.7. The van der Waals surface area contributed by atoms with E-state index in [2.05, 4.69) is 4.98 Å². The molecule has 0 saturated carbocycles. The Labute approximate surface area is 122 Å². The van der Waals surface area contributed by atoms with Crippen LogP contribution in [0.3, 0.4) is 0 Å². The standard InChI is InChI=1S/C18H15NO2/c1-21-12-6-7-17-14(9-12)16(10-19-17)15-8-11-4-2-3-5-13(11)18(15)20/h2-7,9-10,15,19H,8H2,1H3. The molecule has 1 aromatic heterocycles. The largest absolute Gasteiger partial charge is 0.497 e. The maximum Gasteiger partial charge on any atom is 0.170 e. The van der Waals surface area contributed by atoms with E-state index >= 15 is 0 Å². The van der Waals surface area contributed by atoms with Crippen molar-refractivity contribution in [1.29, 1.82) is 0 Å². The van der Waals surface area contributed by atoms with Crippen LogP contribution in [0.2, 0.25) is 0 Å². The summed E-state index contributed by atoms with van der Waals surface area (Å²) in [6.07, 6.45) is 2.73. The van der Waals surface area contributed by atoms with Crippen LogP contribution in [-0.2, 0) is 6.42 Å². The van der Waals surface area contributed by atoms with Gasteiger partial charge < -0.3 is 9.72 Å². The minimum absolute atomic E-state index is 0.0942. The molecule has 1 atom stereocenters. The van der Waals surface area contributed by atoms with E-state index in [0.717, 1.165) is 39.8 Å². The van der Waals surface area contributed by atoms with E-state index in [1.54, 1.807) is 7.11 Å². The molecule has 0 fully saturated rings. The average molecular weight is 277 g/mol. The van der Waals surface area contributed by atoms with Gasteiger partial charge in [-0.15, -0.1) is 0 Å². The molecule has 1 N–H and O–H groups in total. The number of H-pyrrole nitrogens is 1. The van der Waals surface area contributed by atoms with Crippen LogP contribution in [0.4, 0.5) is 0 Å². The summed E-state index contributed by atoms with van der Waals surface area (Å²) in [5.41, 5.74) is 4.10. The number of fused-ring (bicyclic) bond motifs is 2. The lowest BCUT2D eigenvalue weighted by Crippen LogP contribution is -2.06. The molecule has 4 rings (SSSR count). The number of ether oxygens (including phenoxy) is 1. The summed E-state index contributed by atoms with van der Waals surface area (Å²) < 4.78 is 5.30. The Hall–Kier alpha value is -2.55. The molecule has 21 heavy (non-hydrogen) atoms. The van der Waals surface area contributed by atoms with E-state index in [4.69, 9.17) is 4.74 Å². The number of hydrogen-bond acceptors (Lipinski definition) is 2. The van der Waals surface area contributed by atoms with Crippen molar-refractivity contribution in [3.05, 3.63) is 65.4 Å². The van der Waals surface area contributed by atoms with Gasteiger partial charge in [-0.05, 0) is 35.7 Å². The lowest BCUT2D eigenvalue weighted by atomic mass is 9.95. The van der Waals surface area contributed by atoms with E-state index in [1.165, 1.54) is 0 Å². The second-order valence-electron chi connectivity index (χ2n) is 5.43. The van der Waals surface area contributed by atoms with E-state index < -0.39 is 0 Å². The van der Waals surface area contributed by atoms with E-state index in [-0.39, 0.29) is 11.7 Å². The number of rotatable bonds is 2. The van der Waals surface area contributed by atoms with Crippen LogP contribution < -0.4 is 4.74 Å². The lowest BCUT2D eigenvalue weighted by Gasteiger charge is -2.07. The Bertz CT molecular complexity index is 847. The van der Waals surface area contributed by atoms with Crippen molar-refractivity contribution >= 4 is 16.7 Å². The highest BCUT2D eigenvalue weighted by atomic mass is 16.5. The van der Waals surface area contributed by atoms with Crippen LogP contribution in [0, 0.1) is 0 Å². The Morgan fingerprint density at radius 1 is 1.19 bits per heavy atom. The summed E-state index contributed by atoms with van der Waals surface area (Å²) in [5, 5.41) is 1.07. The SMILES string of the molecule is COc1ccc2[nH]cc(C3Cc4ccccc4C3=O)c2c1. The van der Waals surface area contributed by atoms with Gasteiger partial charge in [0.05, 0.1) is 13.0 Å². The molecule has 0 radical (unpaired) electrons. The van der Waals surface area contributed by atoms with Crippen LogP contribution in [0.25, 0.3) is 10.9 Å². The van der Waals surface area contributed by atoms with Crippen molar-refractivity contribution in [1.82, 2.24) is 4.98 Å². The first-order chi connectivity index (χ1) is 10.3. The van der Waals surface area contributed by atoms with Crippen molar-refractivity contribution in [3.8, 4) is 5.75 Å². The molecule has 0 bridgehead atoms. The van der Waals surface area contributed by atoms with Crippen molar-refractivity contribution in [3.63, 3.8) is 0 Å². The molecule has 3 aromatic rings. The molecule has 1 aliphatic carbocycles. The van der Waals surface area contributed by atoms with Gasteiger partial charge in [-0.2, -0.15) is 0 Å². The third-order valence-corrected chi connectivity index (χ3v) is 4.32. The molecular weight excluding hydrogens is 262 g/mol. The maximum absolute atomic E-state index is 12.6. The number of benzene rings is 2. The number of methoxy groups -OCH3 is 1. The monoisotopic (exact) mass is 277 g/mol. The normalized spacial score (nSPS) is 17.2. The topological polar surface area (TPSA) is 42.1 Å². The van der Waals surface area contributed by atoms with Crippen LogP contribution >= 0.6 is 0 Å². The predicted molar refractivity (Wildman–Crippen MR) is 82.1 cm³/mol. The van der Waals surface area contributed by atoms with Crippen LogP contribution in [0.15, 0.2) is 48.7 Å². The summed E-state index contributed by atoms with van der Waals surface area (Å²) in [7, 11) is 1.66. The first kappa shape index (κ1) is 12.2. The number of nitrogens with one attached hydrogen (secondary N) is 1. The number of carbonyl (C=O) groups excluding carboxylic acids is 1. The van der Waals surface area contributed by atoms with Crippen molar-refractivity contribution in [2.75, 3.05) is 7.11 Å². The zero-order chi connectivity index (χ0) is 14.4. The fraction of sp³-hybridized carbons (Fsp3) is 0.167. The fourth-order valence-corrected chi connectivity index (χ4v) is 3.23. The lowest BCUT2D eigenvalue weighted by molar-refractivity contribution is 0.0973. The van der Waals surface area contributed by atoms with Gasteiger partial charge in [0.2, 0.25) is 0 Å². The molecule has 0 aliphatic heterocycles. The molecule has 0 amide bonds. The number of aromatic nitrogens is 1. The summed E-state index contributed by atoms with van der Waals surface area (Å²) in [5.74, 6) is 0.934. The van der Waals surface area contributed by atoms with Gasteiger partial charge in [0.25, 0.3) is 0 Å². The number of ketones is 1. The molecule has 104 valence electrons. The van der Waals surface area contributed by atoms with Crippen molar-refractivity contribution < 1.29 is 9.53 Å². The second kappa shape index (κ2) is 4.48. The Kier molecular flexibility index (Phi) is 2.61. The quantitative estimate of drug-likeness (QED) is 0.776. The molecule has 1 heterocycles. The van der Waals surface area contributed by atoms with Gasteiger partial charge >= 0.3 is 0 Å². The molecule has 0 spiro atoms. The summed E-state index contributed by atoms with van der Waals surface area (Å²) in [6, 6.07) is 13.8. The smallest absolute Gasteiger partial charge is 0.170 e. The minimum atomic E-state index is -0.0942. The minimum Gasteiger partial charge on any atom is -0.497 e. The first-order valence-electron chi connectivity index (χ1n) is 7.05. The third-order valence-electron chi connectivity index (χ3n) is 4.32. The molecule has 3 heteroatoms.